The van der Waals surface area contributed by atoms with Gasteiger partial charge in [0.1, 0.15) is 0 Å². The molecule has 0 aliphatic carbocycles. The Kier molecular flexibility index (Phi) is 3.59. The van der Waals surface area contributed by atoms with Crippen molar-refractivity contribution in [3.63, 3.8) is 0 Å². The largest absolute Gasteiger partial charge is 0.346 e. The summed E-state index contributed by atoms with van der Waals surface area (Å²) in [6.45, 7) is 3.91. The molecule has 1 heterocycles. The van der Waals surface area contributed by atoms with Gasteiger partial charge in [0.2, 0.25) is 0 Å². The summed E-state index contributed by atoms with van der Waals surface area (Å²) in [6.07, 6.45) is 1.77. The lowest BCUT2D eigenvalue weighted by molar-refractivity contribution is -0.236. The summed E-state index contributed by atoms with van der Waals surface area (Å²) in [6, 6.07) is 8.25. The van der Waals surface area contributed by atoms with Crippen LogP contribution in [0.5, 0.6) is 0 Å². The lowest BCUT2D eigenvalue weighted by Crippen LogP contribution is -2.31. The van der Waals surface area contributed by atoms with Gasteiger partial charge in [-0.15, -0.1) is 0 Å². The number of nitrogens with two attached hydrogens (primary N) is 1. The van der Waals surface area contributed by atoms with E-state index in [9.17, 15) is 0 Å². The molecule has 0 saturated heterocycles. The van der Waals surface area contributed by atoms with Gasteiger partial charge in [-0.2, -0.15) is 0 Å². The fourth-order valence-corrected chi connectivity index (χ4v) is 1.91. The van der Waals surface area contributed by atoms with Gasteiger partial charge in [0.15, 0.2) is 5.79 Å². The van der Waals surface area contributed by atoms with E-state index in [-0.39, 0.29) is 0 Å². The molecule has 1 aromatic rings. The van der Waals surface area contributed by atoms with Gasteiger partial charge in [0, 0.05) is 6.42 Å². The molecule has 2 N–H and O–H groups in total. The Morgan fingerprint density at radius 1 is 1.19 bits per heavy atom. The maximum absolute atomic E-state index is 5.84. The molecular formula is C13H19NO2. The van der Waals surface area contributed by atoms with E-state index in [4.69, 9.17) is 15.2 Å². The van der Waals surface area contributed by atoms with Crippen LogP contribution < -0.4 is 5.73 Å². The minimum absolute atomic E-state index is 0.488. The number of hydrogen-bond donors (Lipinski definition) is 1. The molecule has 0 fully saturated rings. The maximum Gasteiger partial charge on any atom is 0.166 e. The molecule has 2 rings (SSSR count). The molecule has 1 aliphatic rings. The van der Waals surface area contributed by atoms with Crippen molar-refractivity contribution in [2.24, 2.45) is 5.73 Å². The van der Waals surface area contributed by atoms with Crippen LogP contribution in [0, 0.1) is 0 Å². The first-order valence-electron chi connectivity index (χ1n) is 5.78. The Morgan fingerprint density at radius 3 is 2.25 bits per heavy atom. The van der Waals surface area contributed by atoms with Crippen molar-refractivity contribution in [2.75, 3.05) is 6.54 Å². The minimum Gasteiger partial charge on any atom is -0.346 e. The normalized spacial score (nSPS) is 18.9. The minimum atomic E-state index is -0.488. The Balaban J connectivity index is 2.06. The summed E-state index contributed by atoms with van der Waals surface area (Å²) in [7, 11) is 0. The van der Waals surface area contributed by atoms with E-state index in [0.717, 1.165) is 12.8 Å². The molecule has 3 heteroatoms. The highest BCUT2D eigenvalue weighted by molar-refractivity contribution is 5.26. The molecule has 0 saturated carbocycles. The van der Waals surface area contributed by atoms with Crippen molar-refractivity contribution in [1.29, 1.82) is 0 Å². The van der Waals surface area contributed by atoms with Gasteiger partial charge in [-0.3, -0.25) is 0 Å². The van der Waals surface area contributed by atoms with E-state index in [0.29, 0.717) is 19.8 Å². The van der Waals surface area contributed by atoms with Crippen molar-refractivity contribution < 1.29 is 9.47 Å². The Hall–Kier alpha value is -0.900. The van der Waals surface area contributed by atoms with E-state index >= 15 is 0 Å². The summed E-state index contributed by atoms with van der Waals surface area (Å²) < 4.78 is 11.7. The van der Waals surface area contributed by atoms with E-state index < -0.39 is 5.79 Å². The van der Waals surface area contributed by atoms with Crippen molar-refractivity contribution in [3.05, 3.63) is 35.4 Å². The van der Waals surface area contributed by atoms with Crippen LogP contribution in [0.3, 0.4) is 0 Å². The fourth-order valence-electron chi connectivity index (χ4n) is 1.91. The number of ether oxygens (including phenoxy) is 2. The first-order chi connectivity index (χ1) is 7.73. The standard InChI is InChI=1S/C13H19NO2/c1-13(7-4-8-14)15-9-11-5-2-3-6-12(11)10-16-13/h2-3,5-6H,4,7-10,14H2,1H3. The summed E-state index contributed by atoms with van der Waals surface area (Å²) in [5.41, 5.74) is 7.96. The quantitative estimate of drug-likeness (QED) is 0.851. The summed E-state index contributed by atoms with van der Waals surface area (Å²) >= 11 is 0. The molecule has 88 valence electrons. The average molecular weight is 221 g/mol. The molecule has 0 radical (unpaired) electrons. The Bertz CT molecular complexity index is 325. The van der Waals surface area contributed by atoms with Crippen LogP contribution in [-0.2, 0) is 22.7 Å². The number of hydrogen-bond acceptors (Lipinski definition) is 3. The van der Waals surface area contributed by atoms with Gasteiger partial charge in [0.25, 0.3) is 0 Å². The number of benzene rings is 1. The van der Waals surface area contributed by atoms with Gasteiger partial charge in [0.05, 0.1) is 13.2 Å². The van der Waals surface area contributed by atoms with Crippen LogP contribution in [0.2, 0.25) is 0 Å². The predicted molar refractivity (Wildman–Crippen MR) is 62.7 cm³/mol. The van der Waals surface area contributed by atoms with E-state index in [2.05, 4.69) is 12.1 Å². The third kappa shape index (κ3) is 2.61. The molecule has 0 aromatic heterocycles. The smallest absolute Gasteiger partial charge is 0.166 e. The molecule has 1 aromatic carbocycles. The van der Waals surface area contributed by atoms with Crippen LogP contribution in [0.4, 0.5) is 0 Å². The lowest BCUT2D eigenvalue weighted by atomic mass is 10.1. The van der Waals surface area contributed by atoms with Gasteiger partial charge >= 0.3 is 0 Å². The van der Waals surface area contributed by atoms with E-state index in [1.54, 1.807) is 0 Å². The van der Waals surface area contributed by atoms with Crippen molar-refractivity contribution in [3.8, 4) is 0 Å². The molecule has 0 amide bonds. The highest BCUT2D eigenvalue weighted by Crippen LogP contribution is 2.27. The SMILES string of the molecule is CC1(CCCN)OCc2ccccc2CO1. The first kappa shape index (κ1) is 11.6. The van der Waals surface area contributed by atoms with Gasteiger partial charge in [-0.05, 0) is 31.0 Å². The predicted octanol–water partition coefficient (Wildman–Crippen LogP) is 2.19. The van der Waals surface area contributed by atoms with Crippen LogP contribution in [0.15, 0.2) is 24.3 Å². The van der Waals surface area contributed by atoms with Crippen LogP contribution in [0.25, 0.3) is 0 Å². The molecular weight excluding hydrogens is 202 g/mol. The second-order valence-corrected chi connectivity index (χ2v) is 4.37. The monoisotopic (exact) mass is 221 g/mol. The van der Waals surface area contributed by atoms with E-state index in [1.807, 2.05) is 19.1 Å². The van der Waals surface area contributed by atoms with Gasteiger partial charge in [-0.1, -0.05) is 24.3 Å². The van der Waals surface area contributed by atoms with Gasteiger partial charge < -0.3 is 15.2 Å². The highest BCUT2D eigenvalue weighted by atomic mass is 16.7. The topological polar surface area (TPSA) is 44.5 Å². The third-order valence-electron chi connectivity index (χ3n) is 3.02. The van der Waals surface area contributed by atoms with Crippen molar-refractivity contribution in [2.45, 2.75) is 38.8 Å². The van der Waals surface area contributed by atoms with Crippen LogP contribution in [0.1, 0.15) is 30.9 Å². The molecule has 3 nitrogen and oxygen atoms in total. The molecule has 0 spiro atoms. The second kappa shape index (κ2) is 4.95. The molecule has 0 bridgehead atoms. The first-order valence-corrected chi connectivity index (χ1v) is 5.78. The highest BCUT2D eigenvalue weighted by Gasteiger charge is 2.28. The second-order valence-electron chi connectivity index (χ2n) is 4.37. The Labute approximate surface area is 96.5 Å². The molecule has 1 aliphatic heterocycles. The van der Waals surface area contributed by atoms with Gasteiger partial charge in [-0.25, -0.2) is 0 Å². The lowest BCUT2D eigenvalue weighted by Gasteiger charge is -2.27. The van der Waals surface area contributed by atoms with Crippen molar-refractivity contribution in [1.82, 2.24) is 0 Å². The number of rotatable bonds is 3. The van der Waals surface area contributed by atoms with Crippen LogP contribution in [-0.4, -0.2) is 12.3 Å². The zero-order chi connectivity index (χ0) is 11.4. The summed E-state index contributed by atoms with van der Waals surface area (Å²) in [4.78, 5) is 0. The van der Waals surface area contributed by atoms with Crippen LogP contribution >= 0.6 is 0 Å². The summed E-state index contributed by atoms with van der Waals surface area (Å²) in [5, 5.41) is 0. The molecule has 16 heavy (non-hydrogen) atoms. The Morgan fingerprint density at radius 2 is 1.75 bits per heavy atom. The van der Waals surface area contributed by atoms with Crippen molar-refractivity contribution >= 4 is 0 Å². The average Bonchev–Trinajstić information content (AvgIpc) is 2.48. The maximum atomic E-state index is 5.84. The zero-order valence-electron chi connectivity index (χ0n) is 9.74. The molecule has 0 unspecified atom stereocenters. The summed E-state index contributed by atoms with van der Waals surface area (Å²) in [5.74, 6) is -0.488. The third-order valence-corrected chi connectivity index (χ3v) is 3.02. The molecule has 0 atom stereocenters. The fraction of sp³-hybridized carbons (Fsp3) is 0.538. The zero-order valence-corrected chi connectivity index (χ0v) is 9.74. The van der Waals surface area contributed by atoms with E-state index in [1.165, 1.54) is 11.1 Å². The number of fused-ring (bicyclic) bond motifs is 1.